The summed E-state index contributed by atoms with van der Waals surface area (Å²) in [6, 6.07) is 10.5. The van der Waals surface area contributed by atoms with Crippen LogP contribution in [0, 0.1) is 0 Å². The van der Waals surface area contributed by atoms with Crippen molar-refractivity contribution in [2.45, 2.75) is 51.6 Å². The summed E-state index contributed by atoms with van der Waals surface area (Å²) in [6.45, 7) is 6.77. The molecule has 0 aliphatic carbocycles. The Morgan fingerprint density at radius 1 is 1.20 bits per heavy atom. The quantitative estimate of drug-likeness (QED) is 0.330. The Kier molecular flexibility index (Phi) is 9.01. The lowest BCUT2D eigenvalue weighted by Gasteiger charge is -2.20. The van der Waals surface area contributed by atoms with Gasteiger partial charge in [0.1, 0.15) is 6.79 Å². The van der Waals surface area contributed by atoms with Crippen LogP contribution in [0.2, 0.25) is 0 Å². The summed E-state index contributed by atoms with van der Waals surface area (Å²) in [7, 11) is 1.66. The van der Waals surface area contributed by atoms with Crippen LogP contribution in [0.5, 0.6) is 0 Å². The molecule has 0 amide bonds. The van der Waals surface area contributed by atoms with E-state index in [-0.39, 0.29) is 6.10 Å². The van der Waals surface area contributed by atoms with Gasteiger partial charge in [-0.1, -0.05) is 56.7 Å². The summed E-state index contributed by atoms with van der Waals surface area (Å²) < 4.78 is 10.8. The van der Waals surface area contributed by atoms with E-state index in [0.717, 1.165) is 19.3 Å². The second-order valence-electron chi connectivity index (χ2n) is 5.20. The van der Waals surface area contributed by atoms with Crippen molar-refractivity contribution in [3.8, 4) is 0 Å². The number of ether oxygens (including phenoxy) is 2. The summed E-state index contributed by atoms with van der Waals surface area (Å²) in [4.78, 5) is 0. The summed E-state index contributed by atoms with van der Waals surface area (Å²) in [5, 5.41) is 0. The van der Waals surface area contributed by atoms with E-state index in [4.69, 9.17) is 9.47 Å². The maximum absolute atomic E-state index is 5.78. The van der Waals surface area contributed by atoms with Crippen LogP contribution in [0.25, 0.3) is 0 Å². The van der Waals surface area contributed by atoms with E-state index in [1.807, 2.05) is 6.07 Å². The summed E-state index contributed by atoms with van der Waals surface area (Å²) in [6.07, 6.45) is 6.84. The third-order valence-corrected chi connectivity index (χ3v) is 3.48. The molecule has 1 rings (SSSR count). The largest absolute Gasteiger partial charge is 0.359 e. The lowest BCUT2D eigenvalue weighted by atomic mass is 9.98. The van der Waals surface area contributed by atoms with Crippen LogP contribution in [-0.4, -0.2) is 20.0 Å². The highest BCUT2D eigenvalue weighted by Crippen LogP contribution is 2.19. The van der Waals surface area contributed by atoms with E-state index in [1.54, 1.807) is 7.11 Å². The topological polar surface area (TPSA) is 18.5 Å². The molecule has 0 spiro atoms. The average Bonchev–Trinajstić information content (AvgIpc) is 2.48. The molecule has 0 aliphatic heterocycles. The number of unbranched alkanes of at least 4 members (excludes halogenated alkanes) is 2. The van der Waals surface area contributed by atoms with Gasteiger partial charge in [0.15, 0.2) is 0 Å². The highest BCUT2D eigenvalue weighted by atomic mass is 16.7. The standard InChI is InChI=1S/C18H28O2/c1-4-5-7-10-16(2)18(20-15-19-3)14-13-17-11-8-6-9-12-17/h6,8-9,11-12,18H,2,4-5,7,10,13-15H2,1,3H3/t18-/m1/s1. The van der Waals surface area contributed by atoms with E-state index in [0.29, 0.717) is 6.79 Å². The molecule has 0 aromatic heterocycles. The monoisotopic (exact) mass is 276 g/mol. The van der Waals surface area contributed by atoms with Crippen molar-refractivity contribution in [2.24, 2.45) is 0 Å². The molecular formula is C18H28O2. The van der Waals surface area contributed by atoms with Crippen LogP contribution in [0.4, 0.5) is 0 Å². The number of methoxy groups -OCH3 is 1. The van der Waals surface area contributed by atoms with Gasteiger partial charge in [-0.05, 0) is 36.8 Å². The smallest absolute Gasteiger partial charge is 0.147 e. The minimum atomic E-state index is 0.104. The third-order valence-electron chi connectivity index (χ3n) is 3.48. The summed E-state index contributed by atoms with van der Waals surface area (Å²) in [5.41, 5.74) is 2.55. The van der Waals surface area contributed by atoms with Crippen molar-refractivity contribution in [3.05, 3.63) is 48.0 Å². The SMILES string of the molecule is C=C(CCCCC)[C@@H](CCc1ccccc1)OCOC. The highest BCUT2D eigenvalue weighted by molar-refractivity contribution is 5.15. The third kappa shape index (κ3) is 6.88. The lowest BCUT2D eigenvalue weighted by molar-refractivity contribution is -0.0618. The first-order chi connectivity index (χ1) is 9.77. The number of hydrogen-bond acceptors (Lipinski definition) is 2. The van der Waals surface area contributed by atoms with E-state index < -0.39 is 0 Å². The van der Waals surface area contributed by atoms with Crippen LogP contribution < -0.4 is 0 Å². The van der Waals surface area contributed by atoms with Gasteiger partial charge in [-0.25, -0.2) is 0 Å². The van der Waals surface area contributed by atoms with Crippen LogP contribution in [0.15, 0.2) is 42.5 Å². The molecule has 1 atom stereocenters. The number of aryl methyl sites for hydroxylation is 1. The second kappa shape index (κ2) is 10.6. The molecule has 0 N–H and O–H groups in total. The van der Waals surface area contributed by atoms with Gasteiger partial charge in [-0.3, -0.25) is 0 Å². The van der Waals surface area contributed by atoms with E-state index >= 15 is 0 Å². The Bertz CT molecular complexity index is 359. The molecule has 0 aliphatic rings. The van der Waals surface area contributed by atoms with Crippen LogP contribution >= 0.6 is 0 Å². The van der Waals surface area contributed by atoms with Gasteiger partial charge < -0.3 is 9.47 Å². The molecule has 1 aromatic carbocycles. The fraction of sp³-hybridized carbons (Fsp3) is 0.556. The Hall–Kier alpha value is -1.12. The summed E-state index contributed by atoms with van der Waals surface area (Å²) >= 11 is 0. The first-order valence-corrected chi connectivity index (χ1v) is 7.60. The molecule has 0 heterocycles. The zero-order valence-electron chi connectivity index (χ0n) is 12.9. The van der Waals surface area contributed by atoms with Gasteiger partial charge in [-0.15, -0.1) is 0 Å². The molecule has 20 heavy (non-hydrogen) atoms. The Balaban J connectivity index is 2.44. The molecule has 0 fully saturated rings. The Morgan fingerprint density at radius 2 is 1.95 bits per heavy atom. The van der Waals surface area contributed by atoms with E-state index in [9.17, 15) is 0 Å². The Labute approximate surface area is 123 Å². The molecule has 1 aromatic rings. The predicted octanol–water partition coefficient (Wildman–Crippen LogP) is 4.74. The van der Waals surface area contributed by atoms with E-state index in [2.05, 4.69) is 37.8 Å². The van der Waals surface area contributed by atoms with Gasteiger partial charge in [0.2, 0.25) is 0 Å². The van der Waals surface area contributed by atoms with Gasteiger partial charge in [0.25, 0.3) is 0 Å². The minimum Gasteiger partial charge on any atom is -0.359 e. The molecule has 2 heteroatoms. The van der Waals surface area contributed by atoms with Gasteiger partial charge in [0.05, 0.1) is 6.10 Å². The van der Waals surface area contributed by atoms with Gasteiger partial charge >= 0.3 is 0 Å². The normalized spacial score (nSPS) is 12.3. The van der Waals surface area contributed by atoms with Crippen molar-refractivity contribution in [3.63, 3.8) is 0 Å². The fourth-order valence-corrected chi connectivity index (χ4v) is 2.26. The van der Waals surface area contributed by atoms with Gasteiger partial charge in [0, 0.05) is 7.11 Å². The first-order valence-electron chi connectivity index (χ1n) is 7.60. The maximum Gasteiger partial charge on any atom is 0.147 e. The molecule has 0 saturated heterocycles. The second-order valence-corrected chi connectivity index (χ2v) is 5.20. The maximum atomic E-state index is 5.78. The van der Waals surface area contributed by atoms with Crippen LogP contribution in [-0.2, 0) is 15.9 Å². The first kappa shape index (κ1) is 16.9. The van der Waals surface area contributed by atoms with E-state index in [1.165, 1.54) is 30.4 Å². The fourth-order valence-electron chi connectivity index (χ4n) is 2.26. The van der Waals surface area contributed by atoms with Gasteiger partial charge in [-0.2, -0.15) is 0 Å². The zero-order valence-corrected chi connectivity index (χ0v) is 12.9. The van der Waals surface area contributed by atoms with Crippen molar-refractivity contribution in [2.75, 3.05) is 13.9 Å². The predicted molar refractivity (Wildman–Crippen MR) is 84.8 cm³/mol. The number of hydrogen-bond donors (Lipinski definition) is 0. The van der Waals surface area contributed by atoms with Crippen molar-refractivity contribution >= 4 is 0 Å². The molecular weight excluding hydrogens is 248 g/mol. The average molecular weight is 276 g/mol. The summed E-state index contributed by atoms with van der Waals surface area (Å²) in [5.74, 6) is 0. The number of benzene rings is 1. The van der Waals surface area contributed by atoms with Crippen LogP contribution in [0.1, 0.15) is 44.6 Å². The van der Waals surface area contributed by atoms with Crippen molar-refractivity contribution in [1.82, 2.24) is 0 Å². The molecule has 112 valence electrons. The van der Waals surface area contributed by atoms with Crippen molar-refractivity contribution in [1.29, 1.82) is 0 Å². The number of rotatable bonds is 11. The molecule has 0 unspecified atom stereocenters. The molecule has 2 nitrogen and oxygen atoms in total. The Morgan fingerprint density at radius 3 is 2.60 bits per heavy atom. The lowest BCUT2D eigenvalue weighted by Crippen LogP contribution is -2.18. The van der Waals surface area contributed by atoms with Crippen molar-refractivity contribution < 1.29 is 9.47 Å². The molecule has 0 radical (unpaired) electrons. The minimum absolute atomic E-state index is 0.104. The zero-order chi connectivity index (χ0) is 14.6. The molecule has 0 saturated carbocycles. The van der Waals surface area contributed by atoms with Crippen LogP contribution in [0.3, 0.4) is 0 Å². The molecule has 0 bridgehead atoms. The highest BCUT2D eigenvalue weighted by Gasteiger charge is 2.13.